The predicted molar refractivity (Wildman–Crippen MR) is 70.9 cm³/mol. The van der Waals surface area contributed by atoms with Crippen molar-refractivity contribution in [2.24, 2.45) is 0 Å². The molecule has 0 saturated heterocycles. The summed E-state index contributed by atoms with van der Waals surface area (Å²) in [4.78, 5) is 4.16. The van der Waals surface area contributed by atoms with Crippen LogP contribution in [0.5, 0.6) is 0 Å². The quantitative estimate of drug-likeness (QED) is 0.844. The maximum atomic E-state index is 13.4. The Hall–Kier alpha value is -2.15. The van der Waals surface area contributed by atoms with Crippen LogP contribution in [0.2, 0.25) is 0 Å². The molecule has 1 aromatic carbocycles. The molecule has 0 spiro atoms. The number of hydrogen-bond acceptors (Lipinski definition) is 2. The molecular weight excluding hydrogens is 241 g/mol. The SMILES string of the molecule is CCC(C#N)(Cn1ccnc1C)c1cccc(F)c1. The molecule has 0 radical (unpaired) electrons. The van der Waals surface area contributed by atoms with Crippen LogP contribution in [0.15, 0.2) is 36.7 Å². The standard InChI is InChI=1S/C15H16FN3/c1-3-15(10-17,11-19-8-7-18-12(19)2)13-5-4-6-14(16)9-13/h4-9H,3,11H2,1-2H3. The average Bonchev–Trinajstić information content (AvgIpc) is 2.81. The summed E-state index contributed by atoms with van der Waals surface area (Å²) in [6, 6.07) is 8.65. The molecule has 0 saturated carbocycles. The number of rotatable bonds is 4. The summed E-state index contributed by atoms with van der Waals surface area (Å²) in [5, 5.41) is 9.60. The fourth-order valence-electron chi connectivity index (χ4n) is 2.23. The Morgan fingerprint density at radius 2 is 2.26 bits per heavy atom. The van der Waals surface area contributed by atoms with Crippen molar-refractivity contribution in [2.45, 2.75) is 32.2 Å². The topological polar surface area (TPSA) is 41.6 Å². The first-order valence-corrected chi connectivity index (χ1v) is 6.26. The molecule has 0 N–H and O–H groups in total. The summed E-state index contributed by atoms with van der Waals surface area (Å²) >= 11 is 0. The third kappa shape index (κ3) is 2.50. The molecule has 3 nitrogen and oxygen atoms in total. The van der Waals surface area contributed by atoms with Gasteiger partial charge in [-0.15, -0.1) is 0 Å². The highest BCUT2D eigenvalue weighted by molar-refractivity contribution is 5.32. The highest BCUT2D eigenvalue weighted by Gasteiger charge is 2.31. The molecule has 0 amide bonds. The molecule has 4 heteroatoms. The lowest BCUT2D eigenvalue weighted by molar-refractivity contribution is 0.435. The Balaban J connectivity index is 2.44. The Morgan fingerprint density at radius 3 is 2.79 bits per heavy atom. The number of nitriles is 1. The van der Waals surface area contributed by atoms with Gasteiger partial charge in [-0.05, 0) is 31.0 Å². The first kappa shape index (κ1) is 13.3. The van der Waals surface area contributed by atoms with Crippen LogP contribution in [-0.4, -0.2) is 9.55 Å². The van der Waals surface area contributed by atoms with Gasteiger partial charge >= 0.3 is 0 Å². The van der Waals surface area contributed by atoms with Crippen molar-refractivity contribution < 1.29 is 4.39 Å². The monoisotopic (exact) mass is 257 g/mol. The molecule has 1 aromatic heterocycles. The van der Waals surface area contributed by atoms with Crippen LogP contribution >= 0.6 is 0 Å². The number of nitrogens with zero attached hydrogens (tertiary/aromatic N) is 3. The van der Waals surface area contributed by atoms with E-state index in [2.05, 4.69) is 11.1 Å². The van der Waals surface area contributed by atoms with E-state index in [0.29, 0.717) is 18.5 Å². The van der Waals surface area contributed by atoms with Gasteiger partial charge in [0, 0.05) is 18.9 Å². The van der Waals surface area contributed by atoms with Crippen molar-refractivity contribution in [2.75, 3.05) is 0 Å². The first-order chi connectivity index (χ1) is 9.11. The number of aryl methyl sites for hydroxylation is 1. The Labute approximate surface area is 112 Å². The zero-order valence-corrected chi connectivity index (χ0v) is 11.1. The van der Waals surface area contributed by atoms with Crippen molar-refractivity contribution in [3.05, 3.63) is 53.9 Å². The smallest absolute Gasteiger partial charge is 0.123 e. The average molecular weight is 257 g/mol. The number of hydrogen-bond donors (Lipinski definition) is 0. The second-order valence-corrected chi connectivity index (χ2v) is 4.66. The zero-order valence-electron chi connectivity index (χ0n) is 11.1. The molecule has 1 heterocycles. The molecule has 0 fully saturated rings. The lowest BCUT2D eigenvalue weighted by atomic mass is 9.79. The second-order valence-electron chi connectivity index (χ2n) is 4.66. The molecule has 1 unspecified atom stereocenters. The van der Waals surface area contributed by atoms with E-state index in [9.17, 15) is 9.65 Å². The molecule has 98 valence electrons. The largest absolute Gasteiger partial charge is 0.333 e. The minimum absolute atomic E-state index is 0.312. The number of aromatic nitrogens is 2. The maximum absolute atomic E-state index is 13.4. The molecule has 2 rings (SSSR count). The van der Waals surface area contributed by atoms with Gasteiger partial charge in [-0.2, -0.15) is 5.26 Å². The molecule has 2 aromatic rings. The summed E-state index contributed by atoms with van der Waals surface area (Å²) in [6.45, 7) is 4.32. The lowest BCUT2D eigenvalue weighted by Crippen LogP contribution is -2.29. The van der Waals surface area contributed by atoms with E-state index < -0.39 is 5.41 Å². The van der Waals surface area contributed by atoms with Crippen LogP contribution in [0, 0.1) is 24.1 Å². The van der Waals surface area contributed by atoms with E-state index in [4.69, 9.17) is 0 Å². The van der Waals surface area contributed by atoms with Crippen molar-refractivity contribution in [1.82, 2.24) is 9.55 Å². The third-order valence-electron chi connectivity index (χ3n) is 3.56. The number of imidazole rings is 1. The van der Waals surface area contributed by atoms with Gasteiger partial charge in [0.2, 0.25) is 0 Å². The van der Waals surface area contributed by atoms with Gasteiger partial charge in [0.25, 0.3) is 0 Å². The van der Waals surface area contributed by atoms with E-state index in [0.717, 1.165) is 5.82 Å². The normalized spacial score (nSPS) is 13.8. The summed E-state index contributed by atoms with van der Waals surface area (Å²) < 4.78 is 15.3. The molecular formula is C15H16FN3. The van der Waals surface area contributed by atoms with E-state index in [1.54, 1.807) is 12.3 Å². The van der Waals surface area contributed by atoms with Crippen molar-refractivity contribution in [1.29, 1.82) is 5.26 Å². The predicted octanol–water partition coefficient (Wildman–Crippen LogP) is 3.20. The number of halogens is 1. The van der Waals surface area contributed by atoms with Crippen LogP contribution in [0.3, 0.4) is 0 Å². The van der Waals surface area contributed by atoms with E-state index >= 15 is 0 Å². The van der Waals surface area contributed by atoms with Gasteiger partial charge in [0.05, 0.1) is 11.5 Å². The van der Waals surface area contributed by atoms with E-state index in [1.807, 2.05) is 30.7 Å². The fraction of sp³-hybridized carbons (Fsp3) is 0.333. The summed E-state index contributed by atoms with van der Waals surface area (Å²) in [5.74, 6) is 0.539. The van der Waals surface area contributed by atoms with Crippen LogP contribution in [-0.2, 0) is 12.0 Å². The van der Waals surface area contributed by atoms with Crippen molar-refractivity contribution >= 4 is 0 Å². The van der Waals surface area contributed by atoms with Crippen LogP contribution < -0.4 is 0 Å². The fourth-order valence-corrected chi connectivity index (χ4v) is 2.23. The molecule has 0 bridgehead atoms. The van der Waals surface area contributed by atoms with Gasteiger partial charge in [-0.25, -0.2) is 9.37 Å². The minimum atomic E-state index is -0.729. The van der Waals surface area contributed by atoms with Gasteiger partial charge in [0.15, 0.2) is 0 Å². The van der Waals surface area contributed by atoms with Gasteiger partial charge < -0.3 is 4.57 Å². The number of benzene rings is 1. The zero-order chi connectivity index (χ0) is 13.9. The van der Waals surface area contributed by atoms with Gasteiger partial charge in [-0.1, -0.05) is 19.1 Å². The molecule has 1 atom stereocenters. The summed E-state index contributed by atoms with van der Waals surface area (Å²) in [5.41, 5.74) is -0.0151. The molecule has 0 aliphatic carbocycles. The summed E-state index contributed by atoms with van der Waals surface area (Å²) in [6.07, 6.45) is 4.17. The van der Waals surface area contributed by atoms with E-state index in [-0.39, 0.29) is 5.82 Å². The Bertz CT molecular complexity index is 612. The van der Waals surface area contributed by atoms with Crippen molar-refractivity contribution in [3.8, 4) is 6.07 Å². The maximum Gasteiger partial charge on any atom is 0.123 e. The highest BCUT2D eigenvalue weighted by Crippen LogP contribution is 2.30. The van der Waals surface area contributed by atoms with Gasteiger partial charge in [-0.3, -0.25) is 0 Å². The third-order valence-corrected chi connectivity index (χ3v) is 3.56. The van der Waals surface area contributed by atoms with E-state index in [1.165, 1.54) is 12.1 Å². The second kappa shape index (κ2) is 5.23. The molecule has 19 heavy (non-hydrogen) atoms. The minimum Gasteiger partial charge on any atom is -0.333 e. The van der Waals surface area contributed by atoms with Gasteiger partial charge in [0.1, 0.15) is 11.6 Å². The van der Waals surface area contributed by atoms with Crippen LogP contribution in [0.25, 0.3) is 0 Å². The van der Waals surface area contributed by atoms with Crippen LogP contribution in [0.4, 0.5) is 4.39 Å². The Kier molecular flexibility index (Phi) is 3.66. The lowest BCUT2D eigenvalue weighted by Gasteiger charge is -2.26. The summed E-state index contributed by atoms with van der Waals surface area (Å²) in [7, 11) is 0. The molecule has 0 aliphatic heterocycles. The Morgan fingerprint density at radius 1 is 1.47 bits per heavy atom. The van der Waals surface area contributed by atoms with Crippen LogP contribution in [0.1, 0.15) is 24.7 Å². The molecule has 0 aliphatic rings. The first-order valence-electron chi connectivity index (χ1n) is 6.26. The highest BCUT2D eigenvalue weighted by atomic mass is 19.1. The van der Waals surface area contributed by atoms with Crippen molar-refractivity contribution in [3.63, 3.8) is 0 Å².